The van der Waals surface area contributed by atoms with E-state index in [0.29, 0.717) is 12.1 Å². The quantitative estimate of drug-likeness (QED) is 0.143. The fraction of sp³-hybridized carbons (Fsp3) is 0.136. The Hall–Kier alpha value is -3.56. The number of carbonyl (C=O) groups excluding carboxylic acids is 1. The second kappa shape index (κ2) is 10.4. The number of nitrogens with one attached hydrogen (secondary N) is 1. The number of hydrogen-bond acceptors (Lipinski definition) is 4. The van der Waals surface area contributed by atoms with E-state index in [0.717, 1.165) is 24.3 Å². The van der Waals surface area contributed by atoms with Gasteiger partial charge in [0.1, 0.15) is 0 Å². The lowest BCUT2D eigenvalue weighted by Gasteiger charge is -2.23. The predicted molar refractivity (Wildman–Crippen MR) is 110 cm³/mol. The van der Waals surface area contributed by atoms with Crippen molar-refractivity contribution in [2.24, 2.45) is 0 Å². The van der Waals surface area contributed by atoms with Crippen LogP contribution < -0.4 is 5.48 Å². The number of nitrogens with zero attached hydrogens (tertiary/aromatic N) is 1. The van der Waals surface area contributed by atoms with Crippen LogP contribution >= 0.6 is 0 Å². The number of amides is 1. The molecule has 0 aliphatic carbocycles. The summed E-state index contributed by atoms with van der Waals surface area (Å²) in [5, 5.41) is 8.67. The van der Waals surface area contributed by atoms with Gasteiger partial charge in [-0.3, -0.25) is 10.0 Å². The van der Waals surface area contributed by atoms with Crippen LogP contribution in [-0.4, -0.2) is 23.8 Å². The topological polar surface area (TPSA) is 86.7 Å². The first-order valence-corrected chi connectivity index (χ1v) is 11.3. The molecule has 0 radical (unpaired) electrons. The Labute approximate surface area is 203 Å². The molecule has 15 heteroatoms. The van der Waals surface area contributed by atoms with E-state index in [4.69, 9.17) is 5.21 Å². The van der Waals surface area contributed by atoms with E-state index < -0.39 is 74.7 Å². The normalized spacial score (nSPS) is 12.2. The molecule has 0 saturated heterocycles. The summed E-state index contributed by atoms with van der Waals surface area (Å²) in [6.07, 6.45) is -4.72. The SMILES string of the molecule is O=C(NO)c1ccc(CN(Cc2ccc(C(F)(F)F)cc2)S(=O)(=O)c2c(F)c(F)c(F)c(F)c2F)cc1. The van der Waals surface area contributed by atoms with E-state index in [1.165, 1.54) is 17.6 Å². The molecular formula is C22H14F8N2O4S. The van der Waals surface area contributed by atoms with Crippen LogP contribution in [-0.2, 0) is 29.3 Å². The van der Waals surface area contributed by atoms with Gasteiger partial charge in [0.2, 0.25) is 15.8 Å². The Kier molecular flexibility index (Phi) is 7.90. The van der Waals surface area contributed by atoms with Gasteiger partial charge in [0.05, 0.1) is 5.56 Å². The molecule has 198 valence electrons. The van der Waals surface area contributed by atoms with Gasteiger partial charge < -0.3 is 0 Å². The molecule has 0 spiro atoms. The summed E-state index contributed by atoms with van der Waals surface area (Å²) in [5.74, 6) is -13.8. The molecule has 0 saturated carbocycles. The molecule has 3 aromatic rings. The average molecular weight is 554 g/mol. The Morgan fingerprint density at radius 1 is 0.757 bits per heavy atom. The van der Waals surface area contributed by atoms with Crippen LogP contribution in [0.3, 0.4) is 0 Å². The predicted octanol–water partition coefficient (Wildman–Crippen LogP) is 4.91. The van der Waals surface area contributed by atoms with Gasteiger partial charge in [-0.05, 0) is 35.4 Å². The van der Waals surface area contributed by atoms with Gasteiger partial charge in [0.15, 0.2) is 28.2 Å². The third-order valence-electron chi connectivity index (χ3n) is 5.08. The molecule has 0 fully saturated rings. The third-order valence-corrected chi connectivity index (χ3v) is 6.90. The van der Waals surface area contributed by atoms with Crippen LogP contribution in [0.2, 0.25) is 0 Å². The first-order valence-electron chi connectivity index (χ1n) is 9.89. The third kappa shape index (κ3) is 5.73. The molecule has 0 aromatic heterocycles. The number of hydrogen-bond donors (Lipinski definition) is 2. The summed E-state index contributed by atoms with van der Waals surface area (Å²) in [4.78, 5) is 9.32. The summed E-state index contributed by atoms with van der Waals surface area (Å²) in [6, 6.07) is 7.56. The number of sulfonamides is 1. The van der Waals surface area contributed by atoms with Crippen LogP contribution in [0.15, 0.2) is 53.4 Å². The number of halogens is 8. The van der Waals surface area contributed by atoms with Gasteiger partial charge >= 0.3 is 6.18 Å². The largest absolute Gasteiger partial charge is 0.416 e. The van der Waals surface area contributed by atoms with Crippen LogP contribution in [0.1, 0.15) is 27.0 Å². The molecular weight excluding hydrogens is 540 g/mol. The number of rotatable bonds is 7. The zero-order chi connectivity index (χ0) is 27.7. The molecule has 1 amide bonds. The summed E-state index contributed by atoms with van der Waals surface area (Å²) in [5.41, 5.74) is 0.127. The highest BCUT2D eigenvalue weighted by atomic mass is 32.2. The fourth-order valence-electron chi connectivity index (χ4n) is 3.20. The second-order valence-corrected chi connectivity index (χ2v) is 9.38. The zero-order valence-electron chi connectivity index (χ0n) is 18.1. The lowest BCUT2D eigenvalue weighted by Crippen LogP contribution is -2.32. The highest BCUT2D eigenvalue weighted by molar-refractivity contribution is 7.89. The fourth-order valence-corrected chi connectivity index (χ4v) is 4.73. The minimum absolute atomic E-state index is 0.0499. The van der Waals surface area contributed by atoms with Crippen molar-refractivity contribution in [1.29, 1.82) is 0 Å². The number of carbonyl (C=O) groups is 1. The Morgan fingerprint density at radius 3 is 1.57 bits per heavy atom. The van der Waals surface area contributed by atoms with E-state index >= 15 is 0 Å². The maximum atomic E-state index is 14.4. The maximum absolute atomic E-state index is 14.4. The van der Waals surface area contributed by atoms with Crippen molar-refractivity contribution in [3.8, 4) is 0 Å². The number of alkyl halides is 3. The van der Waals surface area contributed by atoms with E-state index in [1.807, 2.05) is 0 Å². The van der Waals surface area contributed by atoms with Gasteiger partial charge in [-0.25, -0.2) is 35.8 Å². The Morgan fingerprint density at radius 2 is 1.16 bits per heavy atom. The highest BCUT2D eigenvalue weighted by Gasteiger charge is 2.37. The minimum atomic E-state index is -5.50. The number of hydroxylamine groups is 1. The first kappa shape index (κ1) is 28.0. The summed E-state index contributed by atoms with van der Waals surface area (Å²) >= 11 is 0. The van der Waals surface area contributed by atoms with Gasteiger partial charge in [-0.2, -0.15) is 17.5 Å². The summed E-state index contributed by atoms with van der Waals surface area (Å²) in [7, 11) is -5.50. The van der Waals surface area contributed by atoms with Crippen molar-refractivity contribution in [2.45, 2.75) is 24.2 Å². The molecule has 2 N–H and O–H groups in total. The van der Waals surface area contributed by atoms with E-state index in [9.17, 15) is 48.3 Å². The van der Waals surface area contributed by atoms with Crippen LogP contribution in [0.5, 0.6) is 0 Å². The number of benzene rings is 3. The molecule has 0 heterocycles. The molecule has 3 rings (SSSR count). The van der Waals surface area contributed by atoms with Crippen molar-refractivity contribution >= 4 is 15.9 Å². The average Bonchev–Trinajstić information content (AvgIpc) is 2.85. The Balaban J connectivity index is 2.09. The minimum Gasteiger partial charge on any atom is -0.288 e. The lowest BCUT2D eigenvalue weighted by molar-refractivity contribution is -0.137. The monoisotopic (exact) mass is 554 g/mol. The van der Waals surface area contributed by atoms with Crippen LogP contribution in [0, 0.1) is 29.1 Å². The van der Waals surface area contributed by atoms with Gasteiger partial charge in [-0.1, -0.05) is 24.3 Å². The van der Waals surface area contributed by atoms with E-state index in [2.05, 4.69) is 0 Å². The first-order chi connectivity index (χ1) is 17.2. The maximum Gasteiger partial charge on any atom is 0.416 e. The molecule has 3 aromatic carbocycles. The van der Waals surface area contributed by atoms with Crippen molar-refractivity contribution in [1.82, 2.24) is 9.79 Å². The van der Waals surface area contributed by atoms with Crippen molar-refractivity contribution < 1.29 is 53.5 Å². The van der Waals surface area contributed by atoms with Gasteiger partial charge in [0.25, 0.3) is 5.91 Å². The van der Waals surface area contributed by atoms with Crippen molar-refractivity contribution in [3.63, 3.8) is 0 Å². The van der Waals surface area contributed by atoms with E-state index in [1.54, 1.807) is 0 Å². The van der Waals surface area contributed by atoms with Crippen molar-refractivity contribution in [3.05, 3.63) is 99.9 Å². The summed E-state index contributed by atoms with van der Waals surface area (Å²) < 4.78 is 135. The Bertz CT molecular complexity index is 1400. The molecule has 37 heavy (non-hydrogen) atoms. The molecule has 0 bridgehead atoms. The van der Waals surface area contributed by atoms with Gasteiger partial charge in [-0.15, -0.1) is 0 Å². The lowest BCUT2D eigenvalue weighted by atomic mass is 10.1. The second-order valence-electron chi connectivity index (χ2n) is 7.50. The zero-order valence-corrected chi connectivity index (χ0v) is 18.9. The summed E-state index contributed by atoms with van der Waals surface area (Å²) in [6.45, 7) is -1.59. The molecule has 6 nitrogen and oxygen atoms in total. The molecule has 0 unspecified atom stereocenters. The molecule has 0 aliphatic rings. The smallest absolute Gasteiger partial charge is 0.288 e. The standard InChI is InChI=1S/C22H14F8N2O4S/c23-15-16(24)18(26)20(19(27)17(15)25)37(35,36)32(9-11-1-5-13(6-2-11)21(33)31-34)10-12-3-7-14(8-4-12)22(28,29)30/h1-8,34H,9-10H2,(H,31,33). The van der Waals surface area contributed by atoms with E-state index in [-0.39, 0.29) is 21.0 Å². The molecule has 0 atom stereocenters. The van der Waals surface area contributed by atoms with Crippen LogP contribution in [0.25, 0.3) is 0 Å². The van der Waals surface area contributed by atoms with Crippen molar-refractivity contribution in [2.75, 3.05) is 0 Å². The molecule has 0 aliphatic heterocycles. The van der Waals surface area contributed by atoms with Crippen LogP contribution in [0.4, 0.5) is 35.1 Å². The highest BCUT2D eigenvalue weighted by Crippen LogP contribution is 2.32. The van der Waals surface area contributed by atoms with Gasteiger partial charge in [0, 0.05) is 18.7 Å².